The molecule has 1 fully saturated rings. The Hall–Kier alpha value is -2.90. The number of carbonyl (C=O) groups is 1. The van der Waals surface area contributed by atoms with Gasteiger partial charge in [-0.05, 0) is 31.9 Å². The lowest BCUT2D eigenvalue weighted by molar-refractivity contribution is 0.204. The summed E-state index contributed by atoms with van der Waals surface area (Å²) in [6, 6.07) is 7.43. The Kier molecular flexibility index (Phi) is 3.44. The number of carbonyl (C=O) groups excluding carboxylic acids is 1. The van der Waals surface area contributed by atoms with Crippen LogP contribution in [0.5, 0.6) is 0 Å². The molecule has 3 aromatic heterocycles. The van der Waals surface area contributed by atoms with Crippen molar-refractivity contribution >= 4 is 17.5 Å². The van der Waals surface area contributed by atoms with Gasteiger partial charge in [0.2, 0.25) is 0 Å². The fraction of sp³-hybridized carbons (Fsp3) is 0.375. The van der Waals surface area contributed by atoms with E-state index in [1.54, 1.807) is 4.68 Å². The zero-order chi connectivity index (χ0) is 16.7. The Balaban J connectivity index is 1.60. The SMILES string of the molecule is Cc1cc(NC(=O)N2CCC[C@@H]2c2nnc3ccccn23)n(C)n1. The zero-order valence-electron chi connectivity index (χ0n) is 13.7. The van der Waals surface area contributed by atoms with Crippen molar-refractivity contribution in [2.75, 3.05) is 11.9 Å². The van der Waals surface area contributed by atoms with E-state index in [-0.39, 0.29) is 12.1 Å². The average Bonchev–Trinajstić information content (AvgIpc) is 3.26. The van der Waals surface area contributed by atoms with E-state index in [4.69, 9.17) is 0 Å². The van der Waals surface area contributed by atoms with Gasteiger partial charge in [0, 0.05) is 25.9 Å². The molecule has 8 heteroatoms. The standard InChI is InChI=1S/C16H19N7O/c1-11-10-14(21(2)20-11)17-16(24)22-9-5-6-12(22)15-19-18-13-7-3-4-8-23(13)15/h3-4,7-8,10,12H,5-6,9H2,1-2H3,(H,17,24)/t12-/m1/s1. The predicted molar refractivity (Wildman–Crippen MR) is 88.6 cm³/mol. The average molecular weight is 325 g/mol. The summed E-state index contributed by atoms with van der Waals surface area (Å²) in [5, 5.41) is 15.7. The number of nitrogens with one attached hydrogen (secondary N) is 1. The Morgan fingerprint density at radius 1 is 1.33 bits per heavy atom. The first kappa shape index (κ1) is 14.7. The summed E-state index contributed by atoms with van der Waals surface area (Å²) >= 11 is 0. The molecule has 0 bridgehead atoms. The van der Waals surface area contributed by atoms with E-state index in [9.17, 15) is 4.79 Å². The van der Waals surface area contributed by atoms with Crippen molar-refractivity contribution in [1.29, 1.82) is 0 Å². The van der Waals surface area contributed by atoms with E-state index in [0.29, 0.717) is 12.4 Å². The quantitative estimate of drug-likeness (QED) is 0.783. The van der Waals surface area contributed by atoms with Crippen LogP contribution in [-0.4, -0.2) is 41.9 Å². The maximum Gasteiger partial charge on any atom is 0.323 e. The molecule has 0 radical (unpaired) electrons. The summed E-state index contributed by atoms with van der Waals surface area (Å²) in [5.74, 6) is 1.49. The molecule has 1 N–H and O–H groups in total. The van der Waals surface area contributed by atoms with Gasteiger partial charge in [0.1, 0.15) is 5.82 Å². The second-order valence-corrected chi connectivity index (χ2v) is 6.06. The molecule has 2 amide bonds. The van der Waals surface area contributed by atoms with Gasteiger partial charge in [-0.1, -0.05) is 6.07 Å². The monoisotopic (exact) mass is 325 g/mol. The number of likely N-dealkylation sites (tertiary alicyclic amines) is 1. The first-order chi connectivity index (χ1) is 11.6. The van der Waals surface area contributed by atoms with Crippen LogP contribution in [0, 0.1) is 6.92 Å². The first-order valence-electron chi connectivity index (χ1n) is 8.01. The van der Waals surface area contributed by atoms with Gasteiger partial charge in [-0.15, -0.1) is 10.2 Å². The van der Waals surface area contributed by atoms with Gasteiger partial charge in [-0.25, -0.2) is 4.79 Å². The highest BCUT2D eigenvalue weighted by Crippen LogP contribution is 2.31. The van der Waals surface area contributed by atoms with Gasteiger partial charge in [-0.3, -0.25) is 14.4 Å². The number of aromatic nitrogens is 5. The van der Waals surface area contributed by atoms with E-state index < -0.39 is 0 Å². The fourth-order valence-corrected chi connectivity index (χ4v) is 3.27. The topological polar surface area (TPSA) is 80.4 Å². The lowest BCUT2D eigenvalue weighted by Crippen LogP contribution is -2.35. The summed E-state index contributed by atoms with van der Waals surface area (Å²) in [6.45, 7) is 2.60. The molecule has 0 spiro atoms. The number of anilines is 1. The number of urea groups is 1. The third kappa shape index (κ3) is 2.40. The summed E-state index contributed by atoms with van der Waals surface area (Å²) in [4.78, 5) is 14.6. The van der Waals surface area contributed by atoms with Crippen molar-refractivity contribution in [2.45, 2.75) is 25.8 Å². The number of hydrogen-bond acceptors (Lipinski definition) is 4. The highest BCUT2D eigenvalue weighted by atomic mass is 16.2. The van der Waals surface area contributed by atoms with Gasteiger partial charge in [0.25, 0.3) is 0 Å². The molecule has 1 atom stereocenters. The molecule has 0 aromatic carbocycles. The summed E-state index contributed by atoms with van der Waals surface area (Å²) in [7, 11) is 1.82. The first-order valence-corrected chi connectivity index (χ1v) is 8.01. The molecule has 0 saturated carbocycles. The van der Waals surface area contributed by atoms with Crippen LogP contribution < -0.4 is 5.32 Å². The molecule has 1 saturated heterocycles. The van der Waals surface area contributed by atoms with E-state index in [1.165, 1.54) is 0 Å². The van der Waals surface area contributed by atoms with E-state index in [1.807, 2.05) is 53.7 Å². The molecule has 4 heterocycles. The number of rotatable bonds is 2. The Morgan fingerprint density at radius 3 is 3.00 bits per heavy atom. The molecule has 0 aliphatic carbocycles. The molecule has 0 unspecified atom stereocenters. The van der Waals surface area contributed by atoms with Crippen molar-refractivity contribution < 1.29 is 4.79 Å². The van der Waals surface area contributed by atoms with Gasteiger partial charge in [0.15, 0.2) is 11.5 Å². The van der Waals surface area contributed by atoms with Crippen molar-refractivity contribution in [3.05, 3.63) is 42.0 Å². The van der Waals surface area contributed by atoms with Gasteiger partial charge in [-0.2, -0.15) is 5.10 Å². The molecule has 1 aliphatic heterocycles. The smallest absolute Gasteiger partial charge is 0.314 e. The number of amides is 2. The molecule has 124 valence electrons. The Morgan fingerprint density at radius 2 is 2.21 bits per heavy atom. The third-order valence-electron chi connectivity index (χ3n) is 4.39. The minimum absolute atomic E-state index is 0.0725. The second kappa shape index (κ2) is 5.63. The lowest BCUT2D eigenvalue weighted by atomic mass is 10.2. The molecule has 1 aliphatic rings. The van der Waals surface area contributed by atoms with E-state index in [2.05, 4.69) is 20.6 Å². The highest BCUT2D eigenvalue weighted by Gasteiger charge is 2.33. The van der Waals surface area contributed by atoms with Gasteiger partial charge in [0.05, 0.1) is 11.7 Å². The molecule has 4 rings (SSSR count). The summed E-state index contributed by atoms with van der Waals surface area (Å²) in [6.07, 6.45) is 3.77. The van der Waals surface area contributed by atoms with Crippen LogP contribution >= 0.6 is 0 Å². The molecule has 24 heavy (non-hydrogen) atoms. The number of aryl methyl sites for hydroxylation is 2. The normalized spacial score (nSPS) is 17.6. The molecule has 3 aromatic rings. The maximum atomic E-state index is 12.7. The second-order valence-electron chi connectivity index (χ2n) is 6.06. The number of hydrogen-bond donors (Lipinski definition) is 1. The molecule has 8 nitrogen and oxygen atoms in total. The highest BCUT2D eigenvalue weighted by molar-refractivity contribution is 5.89. The van der Waals surface area contributed by atoms with Gasteiger partial charge < -0.3 is 4.90 Å². The van der Waals surface area contributed by atoms with E-state index >= 15 is 0 Å². The summed E-state index contributed by atoms with van der Waals surface area (Å²) < 4.78 is 3.62. The largest absolute Gasteiger partial charge is 0.323 e. The fourth-order valence-electron chi connectivity index (χ4n) is 3.27. The van der Waals surface area contributed by atoms with Crippen molar-refractivity contribution in [3.8, 4) is 0 Å². The maximum absolute atomic E-state index is 12.7. The van der Waals surface area contributed by atoms with Gasteiger partial charge >= 0.3 is 6.03 Å². The molecular weight excluding hydrogens is 306 g/mol. The Labute approximate surface area is 139 Å². The van der Waals surface area contributed by atoms with Crippen LogP contribution in [0.15, 0.2) is 30.5 Å². The minimum Gasteiger partial charge on any atom is -0.314 e. The van der Waals surface area contributed by atoms with Crippen molar-refractivity contribution in [2.24, 2.45) is 7.05 Å². The third-order valence-corrected chi connectivity index (χ3v) is 4.39. The number of nitrogens with zero attached hydrogens (tertiary/aromatic N) is 6. The van der Waals surface area contributed by atoms with Crippen LogP contribution in [-0.2, 0) is 7.05 Å². The predicted octanol–water partition coefficient (Wildman–Crippen LogP) is 2.14. The Bertz CT molecular complexity index is 897. The minimum atomic E-state index is -0.131. The van der Waals surface area contributed by atoms with Crippen LogP contribution in [0.4, 0.5) is 10.6 Å². The van der Waals surface area contributed by atoms with Crippen LogP contribution in [0.1, 0.15) is 30.4 Å². The van der Waals surface area contributed by atoms with Crippen LogP contribution in [0.2, 0.25) is 0 Å². The van der Waals surface area contributed by atoms with Crippen LogP contribution in [0.3, 0.4) is 0 Å². The number of pyridine rings is 1. The number of fused-ring (bicyclic) bond motifs is 1. The van der Waals surface area contributed by atoms with Crippen molar-refractivity contribution in [1.82, 2.24) is 29.3 Å². The summed E-state index contributed by atoms with van der Waals surface area (Å²) in [5.41, 5.74) is 1.66. The van der Waals surface area contributed by atoms with Crippen LogP contribution in [0.25, 0.3) is 5.65 Å². The molecular formula is C16H19N7O. The van der Waals surface area contributed by atoms with Crippen molar-refractivity contribution in [3.63, 3.8) is 0 Å². The van der Waals surface area contributed by atoms with E-state index in [0.717, 1.165) is 30.0 Å². The zero-order valence-corrected chi connectivity index (χ0v) is 13.7. The lowest BCUT2D eigenvalue weighted by Gasteiger charge is -2.23.